The molecule has 0 radical (unpaired) electrons. The van der Waals surface area contributed by atoms with Crippen LogP contribution < -0.4 is 16.0 Å². The van der Waals surface area contributed by atoms with Gasteiger partial charge >= 0.3 is 12.2 Å². The summed E-state index contributed by atoms with van der Waals surface area (Å²) in [5, 5.41) is 7.29. The van der Waals surface area contributed by atoms with Gasteiger partial charge in [0.05, 0.1) is 6.42 Å². The first-order chi connectivity index (χ1) is 10.5. The standard InChI is InChI=1S/C15H20F3N3O2/c1-14(2,3)21-12(22)10-4-6-11(7-5-10)20-13(23)19-9-8-15(16,17)18/h4-7H,8-9H2,1-3H3,(H,21,22)(H2,19,20,23). The highest BCUT2D eigenvalue weighted by atomic mass is 19.4. The number of anilines is 1. The maximum Gasteiger partial charge on any atom is 0.390 e. The summed E-state index contributed by atoms with van der Waals surface area (Å²) in [5.74, 6) is -0.251. The van der Waals surface area contributed by atoms with E-state index in [1.807, 2.05) is 20.8 Å². The van der Waals surface area contributed by atoms with Crippen LogP contribution in [-0.2, 0) is 0 Å². The predicted molar refractivity (Wildman–Crippen MR) is 81.4 cm³/mol. The zero-order chi connectivity index (χ0) is 17.7. The predicted octanol–water partition coefficient (Wildman–Crippen LogP) is 3.29. The first-order valence-electron chi connectivity index (χ1n) is 7.00. The highest BCUT2D eigenvalue weighted by molar-refractivity contribution is 5.95. The number of carbonyl (C=O) groups excluding carboxylic acids is 2. The number of carbonyl (C=O) groups is 2. The van der Waals surface area contributed by atoms with E-state index in [2.05, 4.69) is 16.0 Å². The number of benzene rings is 1. The molecule has 0 atom stereocenters. The number of alkyl halides is 3. The lowest BCUT2D eigenvalue weighted by molar-refractivity contribution is -0.132. The molecular formula is C15H20F3N3O2. The van der Waals surface area contributed by atoms with Crippen molar-refractivity contribution in [1.29, 1.82) is 0 Å². The van der Waals surface area contributed by atoms with Crippen LogP contribution in [0.4, 0.5) is 23.7 Å². The molecule has 0 aliphatic carbocycles. The molecule has 0 unspecified atom stereocenters. The molecular weight excluding hydrogens is 311 g/mol. The van der Waals surface area contributed by atoms with E-state index in [0.717, 1.165) is 0 Å². The van der Waals surface area contributed by atoms with E-state index in [1.54, 1.807) is 0 Å². The number of rotatable bonds is 4. The average molecular weight is 331 g/mol. The summed E-state index contributed by atoms with van der Waals surface area (Å²) in [4.78, 5) is 23.3. The molecule has 0 saturated heterocycles. The Labute approximate surface area is 132 Å². The monoisotopic (exact) mass is 331 g/mol. The molecule has 1 aromatic carbocycles. The minimum Gasteiger partial charge on any atom is -0.347 e. The van der Waals surface area contributed by atoms with Gasteiger partial charge in [0.2, 0.25) is 0 Å². The van der Waals surface area contributed by atoms with Crippen LogP contribution in [0.2, 0.25) is 0 Å². The molecule has 0 aliphatic rings. The molecule has 1 aromatic rings. The maximum absolute atomic E-state index is 12.0. The van der Waals surface area contributed by atoms with E-state index >= 15 is 0 Å². The molecule has 0 saturated carbocycles. The number of urea groups is 1. The Morgan fingerprint density at radius 2 is 1.61 bits per heavy atom. The number of halogens is 3. The first-order valence-corrected chi connectivity index (χ1v) is 7.00. The number of hydrogen-bond acceptors (Lipinski definition) is 2. The Morgan fingerprint density at radius 1 is 1.04 bits per heavy atom. The van der Waals surface area contributed by atoms with Crippen LogP contribution in [0.1, 0.15) is 37.6 Å². The maximum atomic E-state index is 12.0. The Balaban J connectivity index is 2.51. The molecule has 0 heterocycles. The van der Waals surface area contributed by atoms with Crippen LogP contribution in [0.3, 0.4) is 0 Å². The van der Waals surface area contributed by atoms with Gasteiger partial charge in [-0.15, -0.1) is 0 Å². The normalized spacial score (nSPS) is 11.7. The molecule has 23 heavy (non-hydrogen) atoms. The topological polar surface area (TPSA) is 70.2 Å². The van der Waals surface area contributed by atoms with E-state index in [1.165, 1.54) is 24.3 Å². The lowest BCUT2D eigenvalue weighted by Crippen LogP contribution is -2.40. The Bertz CT molecular complexity index is 549. The Kier molecular flexibility index (Phi) is 6.00. The van der Waals surface area contributed by atoms with Crippen molar-refractivity contribution in [3.63, 3.8) is 0 Å². The van der Waals surface area contributed by atoms with Crippen molar-refractivity contribution in [2.75, 3.05) is 11.9 Å². The molecule has 0 spiro atoms. The van der Waals surface area contributed by atoms with Crippen molar-refractivity contribution in [2.45, 2.75) is 38.9 Å². The summed E-state index contributed by atoms with van der Waals surface area (Å²) in [6.45, 7) is 5.06. The van der Waals surface area contributed by atoms with Crippen LogP contribution in [0.15, 0.2) is 24.3 Å². The number of amides is 3. The second kappa shape index (κ2) is 7.34. The van der Waals surface area contributed by atoms with Crippen molar-refractivity contribution >= 4 is 17.6 Å². The molecule has 0 aromatic heterocycles. The van der Waals surface area contributed by atoms with Gasteiger partial charge in [0.25, 0.3) is 5.91 Å². The molecule has 0 fully saturated rings. The summed E-state index contributed by atoms with van der Waals surface area (Å²) in [6, 6.07) is 5.31. The highest BCUT2D eigenvalue weighted by Gasteiger charge is 2.26. The van der Waals surface area contributed by atoms with Crippen molar-refractivity contribution in [3.8, 4) is 0 Å². The van der Waals surface area contributed by atoms with Gasteiger partial charge in [0, 0.05) is 23.3 Å². The third kappa shape index (κ3) is 8.08. The summed E-state index contributed by atoms with van der Waals surface area (Å²) >= 11 is 0. The smallest absolute Gasteiger partial charge is 0.347 e. The lowest BCUT2D eigenvalue weighted by atomic mass is 10.1. The largest absolute Gasteiger partial charge is 0.390 e. The van der Waals surface area contributed by atoms with Gasteiger partial charge in [-0.2, -0.15) is 13.2 Å². The van der Waals surface area contributed by atoms with Crippen LogP contribution >= 0.6 is 0 Å². The van der Waals surface area contributed by atoms with Gasteiger partial charge in [0.15, 0.2) is 0 Å². The SMILES string of the molecule is CC(C)(C)NC(=O)c1ccc(NC(=O)NCCC(F)(F)F)cc1. The minimum atomic E-state index is -4.31. The molecule has 5 nitrogen and oxygen atoms in total. The third-order valence-electron chi connectivity index (χ3n) is 2.59. The summed E-state index contributed by atoms with van der Waals surface area (Å²) in [5.41, 5.74) is 0.427. The fourth-order valence-corrected chi connectivity index (χ4v) is 1.61. The lowest BCUT2D eigenvalue weighted by Gasteiger charge is -2.20. The molecule has 0 bridgehead atoms. The fraction of sp³-hybridized carbons (Fsp3) is 0.467. The van der Waals surface area contributed by atoms with Crippen LogP contribution in [-0.4, -0.2) is 30.2 Å². The van der Waals surface area contributed by atoms with Gasteiger partial charge in [-0.1, -0.05) is 0 Å². The van der Waals surface area contributed by atoms with Crippen molar-refractivity contribution in [2.24, 2.45) is 0 Å². The van der Waals surface area contributed by atoms with Gasteiger partial charge in [-0.25, -0.2) is 4.79 Å². The van der Waals surface area contributed by atoms with Crippen molar-refractivity contribution in [3.05, 3.63) is 29.8 Å². The summed E-state index contributed by atoms with van der Waals surface area (Å²) in [6.07, 6.45) is -5.40. The van der Waals surface area contributed by atoms with Gasteiger partial charge < -0.3 is 16.0 Å². The average Bonchev–Trinajstić information content (AvgIpc) is 2.35. The molecule has 1 rings (SSSR count). The van der Waals surface area contributed by atoms with Gasteiger partial charge in [-0.05, 0) is 45.0 Å². The van der Waals surface area contributed by atoms with Gasteiger partial charge in [0.1, 0.15) is 0 Å². The van der Waals surface area contributed by atoms with E-state index in [4.69, 9.17) is 0 Å². The Hall–Kier alpha value is -2.25. The Morgan fingerprint density at radius 3 is 2.09 bits per heavy atom. The summed E-state index contributed by atoms with van der Waals surface area (Å²) < 4.78 is 35.9. The molecule has 0 aliphatic heterocycles. The van der Waals surface area contributed by atoms with Gasteiger partial charge in [-0.3, -0.25) is 4.79 Å². The van der Waals surface area contributed by atoms with E-state index in [-0.39, 0.29) is 11.4 Å². The molecule has 3 amide bonds. The first kappa shape index (κ1) is 18.8. The van der Waals surface area contributed by atoms with Crippen LogP contribution in [0.5, 0.6) is 0 Å². The molecule has 8 heteroatoms. The van der Waals surface area contributed by atoms with Crippen molar-refractivity contribution < 1.29 is 22.8 Å². The van der Waals surface area contributed by atoms with Crippen LogP contribution in [0, 0.1) is 0 Å². The quantitative estimate of drug-likeness (QED) is 0.792. The molecule has 3 N–H and O–H groups in total. The molecule has 128 valence electrons. The fourth-order valence-electron chi connectivity index (χ4n) is 1.61. The summed E-state index contributed by atoms with van der Waals surface area (Å²) in [7, 11) is 0. The second-order valence-corrected chi connectivity index (χ2v) is 6.03. The minimum absolute atomic E-state index is 0.251. The zero-order valence-corrected chi connectivity index (χ0v) is 13.2. The van der Waals surface area contributed by atoms with E-state index in [9.17, 15) is 22.8 Å². The highest BCUT2D eigenvalue weighted by Crippen LogP contribution is 2.18. The number of hydrogen-bond donors (Lipinski definition) is 3. The number of nitrogens with one attached hydrogen (secondary N) is 3. The zero-order valence-electron chi connectivity index (χ0n) is 13.2. The van der Waals surface area contributed by atoms with E-state index in [0.29, 0.717) is 11.3 Å². The van der Waals surface area contributed by atoms with E-state index < -0.39 is 25.2 Å². The van der Waals surface area contributed by atoms with Crippen LogP contribution in [0.25, 0.3) is 0 Å². The second-order valence-electron chi connectivity index (χ2n) is 6.03. The third-order valence-corrected chi connectivity index (χ3v) is 2.59. The van der Waals surface area contributed by atoms with Crippen molar-refractivity contribution in [1.82, 2.24) is 10.6 Å².